The first-order valence-electron chi connectivity index (χ1n) is 9.60. The van der Waals surface area contributed by atoms with Gasteiger partial charge in [-0.2, -0.15) is 0 Å². The van der Waals surface area contributed by atoms with E-state index in [4.69, 9.17) is 4.74 Å². The Hall–Kier alpha value is -1.84. The molecular formula is C22H28N2O. The van der Waals surface area contributed by atoms with Crippen LogP contribution in [0.4, 0.5) is 0 Å². The summed E-state index contributed by atoms with van der Waals surface area (Å²) in [6.07, 6.45) is 3.80. The third kappa shape index (κ3) is 4.42. The fourth-order valence-corrected chi connectivity index (χ4v) is 3.92. The monoisotopic (exact) mass is 336 g/mol. The highest BCUT2D eigenvalue weighted by Gasteiger charge is 2.24. The number of hydrogen-bond acceptors (Lipinski definition) is 3. The SMILES string of the molecule is c1ccc(CCN2CCN(CC3CCc4ccccc4O3)CC2)cc1. The molecule has 25 heavy (non-hydrogen) atoms. The van der Waals surface area contributed by atoms with Crippen LogP contribution in [0.25, 0.3) is 0 Å². The fraction of sp³-hybridized carbons (Fsp3) is 0.455. The molecule has 2 aromatic rings. The van der Waals surface area contributed by atoms with Crippen LogP contribution in [0, 0.1) is 0 Å². The van der Waals surface area contributed by atoms with E-state index in [0.717, 1.165) is 44.6 Å². The van der Waals surface area contributed by atoms with Gasteiger partial charge in [-0.05, 0) is 36.5 Å². The second-order valence-corrected chi connectivity index (χ2v) is 7.26. The molecule has 0 aliphatic carbocycles. The van der Waals surface area contributed by atoms with Crippen molar-refractivity contribution in [3.63, 3.8) is 0 Å². The lowest BCUT2D eigenvalue weighted by Crippen LogP contribution is -2.50. The van der Waals surface area contributed by atoms with Gasteiger partial charge >= 0.3 is 0 Å². The molecule has 0 amide bonds. The standard InChI is InChI=1S/C22H28N2O/c1-2-6-19(7-3-1)12-13-23-14-16-24(17-15-23)18-21-11-10-20-8-4-5-9-22(20)25-21/h1-9,21H,10-18H2. The van der Waals surface area contributed by atoms with Crippen LogP contribution in [0.1, 0.15) is 17.5 Å². The van der Waals surface area contributed by atoms with E-state index in [-0.39, 0.29) is 0 Å². The van der Waals surface area contributed by atoms with Gasteiger partial charge < -0.3 is 9.64 Å². The van der Waals surface area contributed by atoms with Crippen LogP contribution in [0.5, 0.6) is 5.75 Å². The van der Waals surface area contributed by atoms with Crippen molar-refractivity contribution >= 4 is 0 Å². The molecule has 1 atom stereocenters. The average molecular weight is 336 g/mol. The van der Waals surface area contributed by atoms with E-state index in [1.807, 2.05) is 0 Å². The molecule has 2 aromatic carbocycles. The van der Waals surface area contributed by atoms with Gasteiger partial charge in [0.05, 0.1) is 0 Å². The van der Waals surface area contributed by atoms with Gasteiger partial charge in [0.15, 0.2) is 0 Å². The molecule has 0 saturated carbocycles. The molecule has 1 saturated heterocycles. The van der Waals surface area contributed by atoms with Crippen molar-refractivity contribution in [1.29, 1.82) is 0 Å². The maximum Gasteiger partial charge on any atom is 0.122 e. The highest BCUT2D eigenvalue weighted by Crippen LogP contribution is 2.27. The van der Waals surface area contributed by atoms with Crippen molar-refractivity contribution < 1.29 is 4.74 Å². The maximum atomic E-state index is 6.21. The number of piperazine rings is 1. The van der Waals surface area contributed by atoms with Gasteiger partial charge in [0.1, 0.15) is 11.9 Å². The topological polar surface area (TPSA) is 15.7 Å². The first-order valence-corrected chi connectivity index (χ1v) is 9.60. The molecule has 4 rings (SSSR count). The van der Waals surface area contributed by atoms with E-state index >= 15 is 0 Å². The van der Waals surface area contributed by atoms with Crippen molar-refractivity contribution in [2.24, 2.45) is 0 Å². The molecule has 2 aliphatic rings. The Kier molecular flexibility index (Phi) is 5.34. The largest absolute Gasteiger partial charge is 0.489 e. The molecule has 2 aliphatic heterocycles. The van der Waals surface area contributed by atoms with Crippen LogP contribution in [0.3, 0.4) is 0 Å². The van der Waals surface area contributed by atoms with Crippen molar-refractivity contribution in [3.05, 3.63) is 65.7 Å². The third-order valence-electron chi connectivity index (χ3n) is 5.49. The number of fused-ring (bicyclic) bond motifs is 1. The summed E-state index contributed by atoms with van der Waals surface area (Å²) in [5.41, 5.74) is 2.81. The van der Waals surface area contributed by atoms with E-state index < -0.39 is 0 Å². The second-order valence-electron chi connectivity index (χ2n) is 7.26. The molecule has 0 bridgehead atoms. The Morgan fingerprint density at radius 3 is 2.40 bits per heavy atom. The minimum absolute atomic E-state index is 0.353. The zero-order chi connectivity index (χ0) is 16.9. The molecule has 132 valence electrons. The molecule has 3 heteroatoms. The molecule has 0 aromatic heterocycles. The van der Waals surface area contributed by atoms with Gasteiger partial charge in [-0.3, -0.25) is 4.90 Å². The van der Waals surface area contributed by atoms with Crippen LogP contribution >= 0.6 is 0 Å². The number of aryl methyl sites for hydroxylation is 1. The summed E-state index contributed by atoms with van der Waals surface area (Å²) in [5, 5.41) is 0. The number of benzene rings is 2. The second kappa shape index (κ2) is 8.03. The van der Waals surface area contributed by atoms with E-state index in [9.17, 15) is 0 Å². The first-order chi connectivity index (χ1) is 12.4. The molecule has 1 fully saturated rings. The predicted octanol–water partition coefficient (Wildman–Crippen LogP) is 3.24. The summed E-state index contributed by atoms with van der Waals surface area (Å²) >= 11 is 0. The molecule has 0 radical (unpaired) electrons. The minimum Gasteiger partial charge on any atom is -0.489 e. The Morgan fingerprint density at radius 1 is 0.840 bits per heavy atom. The van der Waals surface area contributed by atoms with Gasteiger partial charge in [0.2, 0.25) is 0 Å². The summed E-state index contributed by atoms with van der Waals surface area (Å²) in [7, 11) is 0. The van der Waals surface area contributed by atoms with Crippen LogP contribution in [-0.2, 0) is 12.8 Å². The summed E-state index contributed by atoms with van der Waals surface area (Å²) in [4.78, 5) is 5.18. The van der Waals surface area contributed by atoms with Crippen LogP contribution in [0.15, 0.2) is 54.6 Å². The van der Waals surface area contributed by atoms with Gasteiger partial charge in [-0.15, -0.1) is 0 Å². The minimum atomic E-state index is 0.353. The molecule has 3 nitrogen and oxygen atoms in total. The normalized spacial score (nSPS) is 21.5. The number of ether oxygens (including phenoxy) is 1. The van der Waals surface area contributed by atoms with Crippen LogP contribution in [0.2, 0.25) is 0 Å². The number of para-hydroxylation sites is 1. The van der Waals surface area contributed by atoms with Crippen LogP contribution in [-0.4, -0.2) is 55.2 Å². The highest BCUT2D eigenvalue weighted by molar-refractivity contribution is 5.35. The summed E-state index contributed by atoms with van der Waals surface area (Å²) in [6.45, 7) is 6.92. The van der Waals surface area contributed by atoms with Gasteiger partial charge in [-0.1, -0.05) is 48.5 Å². The quantitative estimate of drug-likeness (QED) is 0.834. The first kappa shape index (κ1) is 16.6. The van der Waals surface area contributed by atoms with Crippen molar-refractivity contribution in [1.82, 2.24) is 9.80 Å². The Bertz CT molecular complexity index is 665. The average Bonchev–Trinajstić information content (AvgIpc) is 2.68. The van der Waals surface area contributed by atoms with Crippen molar-refractivity contribution in [2.75, 3.05) is 39.3 Å². The van der Waals surface area contributed by atoms with Gasteiger partial charge in [0, 0.05) is 39.3 Å². The van der Waals surface area contributed by atoms with E-state index in [1.165, 1.54) is 30.8 Å². The van der Waals surface area contributed by atoms with E-state index in [0.29, 0.717) is 6.10 Å². The molecule has 0 N–H and O–H groups in total. The summed E-state index contributed by atoms with van der Waals surface area (Å²) in [5.74, 6) is 1.10. The van der Waals surface area contributed by atoms with Crippen molar-refractivity contribution in [3.8, 4) is 5.75 Å². The van der Waals surface area contributed by atoms with Crippen LogP contribution < -0.4 is 4.74 Å². The molecular weight excluding hydrogens is 308 g/mol. The third-order valence-corrected chi connectivity index (χ3v) is 5.49. The van der Waals surface area contributed by atoms with E-state index in [2.05, 4.69) is 64.4 Å². The smallest absolute Gasteiger partial charge is 0.122 e. The Morgan fingerprint density at radius 2 is 1.56 bits per heavy atom. The highest BCUT2D eigenvalue weighted by atomic mass is 16.5. The Labute approximate surface area is 151 Å². The van der Waals surface area contributed by atoms with Crippen molar-refractivity contribution in [2.45, 2.75) is 25.4 Å². The lowest BCUT2D eigenvalue weighted by molar-refractivity contribution is 0.0750. The zero-order valence-corrected chi connectivity index (χ0v) is 14.9. The Balaban J connectivity index is 1.20. The van der Waals surface area contributed by atoms with E-state index in [1.54, 1.807) is 0 Å². The summed E-state index contributed by atoms with van der Waals surface area (Å²) < 4.78 is 6.21. The maximum absolute atomic E-state index is 6.21. The molecule has 2 heterocycles. The lowest BCUT2D eigenvalue weighted by Gasteiger charge is -2.37. The molecule has 0 spiro atoms. The predicted molar refractivity (Wildman–Crippen MR) is 102 cm³/mol. The zero-order valence-electron chi connectivity index (χ0n) is 14.9. The van der Waals surface area contributed by atoms with Gasteiger partial charge in [-0.25, -0.2) is 0 Å². The fourth-order valence-electron chi connectivity index (χ4n) is 3.92. The lowest BCUT2D eigenvalue weighted by atomic mass is 10.0. The van der Waals surface area contributed by atoms with Gasteiger partial charge in [0.25, 0.3) is 0 Å². The number of rotatable bonds is 5. The number of hydrogen-bond donors (Lipinski definition) is 0. The molecule has 1 unspecified atom stereocenters. The summed E-state index contributed by atoms with van der Waals surface area (Å²) in [6, 6.07) is 19.3. The number of nitrogens with zero attached hydrogens (tertiary/aromatic N) is 2.